The van der Waals surface area contributed by atoms with E-state index in [9.17, 15) is 9.59 Å². The summed E-state index contributed by atoms with van der Waals surface area (Å²) >= 11 is 0. The van der Waals surface area contributed by atoms with Crippen molar-refractivity contribution in [3.63, 3.8) is 0 Å². The van der Waals surface area contributed by atoms with Gasteiger partial charge in [-0.3, -0.25) is 14.6 Å². The summed E-state index contributed by atoms with van der Waals surface area (Å²) in [5.41, 5.74) is 3.71. The third kappa shape index (κ3) is 3.76. The van der Waals surface area contributed by atoms with E-state index < -0.39 is 0 Å². The second-order valence-corrected chi connectivity index (χ2v) is 6.75. The van der Waals surface area contributed by atoms with Crippen molar-refractivity contribution >= 4 is 11.8 Å². The average Bonchev–Trinajstić information content (AvgIpc) is 2.86. The van der Waals surface area contributed by atoms with Crippen molar-refractivity contribution < 1.29 is 9.59 Å². The number of hydrogen-bond donors (Lipinski definition) is 0. The van der Waals surface area contributed by atoms with Crippen LogP contribution in [0.3, 0.4) is 0 Å². The minimum atomic E-state index is -0.123. The predicted octanol–water partition coefficient (Wildman–Crippen LogP) is 1.35. The van der Waals surface area contributed by atoms with Gasteiger partial charge in [-0.1, -0.05) is 0 Å². The molecule has 0 radical (unpaired) electrons. The lowest BCUT2D eigenvalue weighted by Crippen LogP contribution is -2.38. The van der Waals surface area contributed by atoms with Crippen LogP contribution in [0.5, 0.6) is 0 Å². The molecule has 2 amide bonds. The molecular formula is C19H25N5O2. The molecule has 0 unspecified atom stereocenters. The Kier molecular flexibility index (Phi) is 5.35. The second kappa shape index (κ2) is 7.68. The highest BCUT2D eigenvalue weighted by Crippen LogP contribution is 2.16. The summed E-state index contributed by atoms with van der Waals surface area (Å²) < 4.78 is 2.10. The van der Waals surface area contributed by atoms with E-state index in [1.807, 2.05) is 25.8 Å². The van der Waals surface area contributed by atoms with E-state index in [4.69, 9.17) is 0 Å². The normalized spacial score (nSPS) is 15.0. The highest BCUT2D eigenvalue weighted by molar-refractivity contribution is 5.92. The largest absolute Gasteiger partial charge is 0.352 e. The van der Waals surface area contributed by atoms with Crippen LogP contribution in [0.1, 0.15) is 33.9 Å². The quantitative estimate of drug-likeness (QED) is 0.833. The molecule has 26 heavy (non-hydrogen) atoms. The van der Waals surface area contributed by atoms with Crippen LogP contribution < -0.4 is 0 Å². The Balaban J connectivity index is 1.62. The van der Waals surface area contributed by atoms with E-state index in [0.29, 0.717) is 38.3 Å². The lowest BCUT2D eigenvalue weighted by Gasteiger charge is -2.22. The van der Waals surface area contributed by atoms with E-state index in [1.54, 1.807) is 11.1 Å². The molecule has 3 rings (SSSR count). The van der Waals surface area contributed by atoms with Crippen molar-refractivity contribution in [2.75, 3.05) is 26.2 Å². The summed E-state index contributed by atoms with van der Waals surface area (Å²) in [5.74, 6) is -0.00516. The lowest BCUT2D eigenvalue weighted by atomic mass is 10.1. The van der Waals surface area contributed by atoms with Gasteiger partial charge >= 0.3 is 0 Å². The van der Waals surface area contributed by atoms with Gasteiger partial charge in [0.2, 0.25) is 5.91 Å². The van der Waals surface area contributed by atoms with Crippen molar-refractivity contribution in [3.05, 3.63) is 47.3 Å². The lowest BCUT2D eigenvalue weighted by molar-refractivity contribution is -0.130. The Morgan fingerprint density at radius 2 is 1.81 bits per heavy atom. The van der Waals surface area contributed by atoms with Crippen molar-refractivity contribution in [1.82, 2.24) is 24.3 Å². The summed E-state index contributed by atoms with van der Waals surface area (Å²) in [5, 5.41) is 0. The highest BCUT2D eigenvalue weighted by atomic mass is 16.2. The number of carbonyl (C=O) groups excluding carboxylic acids is 2. The SMILES string of the molecule is Cc1cc(CC(=O)N2CCCN(C(=O)c3cnccn3)CC2)c(C)n1C. The summed E-state index contributed by atoms with van der Waals surface area (Å²) in [6.45, 7) is 6.46. The number of nitrogens with zero attached hydrogens (tertiary/aromatic N) is 5. The van der Waals surface area contributed by atoms with Gasteiger partial charge in [0.1, 0.15) is 5.69 Å². The second-order valence-electron chi connectivity index (χ2n) is 6.75. The fourth-order valence-corrected chi connectivity index (χ4v) is 3.33. The molecule has 2 aromatic rings. The van der Waals surface area contributed by atoms with Crippen LogP contribution in [0.4, 0.5) is 0 Å². The van der Waals surface area contributed by atoms with E-state index >= 15 is 0 Å². The van der Waals surface area contributed by atoms with Crippen LogP contribution in [0.2, 0.25) is 0 Å². The first-order valence-corrected chi connectivity index (χ1v) is 8.92. The zero-order valence-electron chi connectivity index (χ0n) is 15.6. The Morgan fingerprint density at radius 3 is 2.46 bits per heavy atom. The van der Waals surface area contributed by atoms with Gasteiger partial charge in [0.05, 0.1) is 12.6 Å². The van der Waals surface area contributed by atoms with Crippen LogP contribution >= 0.6 is 0 Å². The molecule has 1 fully saturated rings. The van der Waals surface area contributed by atoms with Gasteiger partial charge < -0.3 is 14.4 Å². The van der Waals surface area contributed by atoms with Gasteiger partial charge in [-0.2, -0.15) is 0 Å². The molecule has 138 valence electrons. The Morgan fingerprint density at radius 1 is 1.08 bits per heavy atom. The fraction of sp³-hybridized carbons (Fsp3) is 0.474. The standard InChI is InChI=1S/C19H25N5O2/c1-14-11-16(15(2)22(14)3)12-18(25)23-7-4-8-24(10-9-23)19(26)17-13-20-5-6-21-17/h5-6,11,13H,4,7-10,12H2,1-3H3. The highest BCUT2D eigenvalue weighted by Gasteiger charge is 2.24. The van der Waals surface area contributed by atoms with Gasteiger partial charge in [-0.05, 0) is 31.9 Å². The molecular weight excluding hydrogens is 330 g/mol. The molecule has 0 bridgehead atoms. The first-order valence-electron chi connectivity index (χ1n) is 8.92. The molecule has 0 saturated carbocycles. The van der Waals surface area contributed by atoms with E-state index in [-0.39, 0.29) is 11.8 Å². The van der Waals surface area contributed by atoms with Crippen molar-refractivity contribution in [2.45, 2.75) is 26.7 Å². The van der Waals surface area contributed by atoms with Crippen LogP contribution in [0, 0.1) is 13.8 Å². The number of rotatable bonds is 3. The Labute approximate surface area is 153 Å². The number of hydrogen-bond acceptors (Lipinski definition) is 4. The maximum atomic E-state index is 12.7. The molecule has 2 aromatic heterocycles. The molecule has 3 heterocycles. The molecule has 0 aromatic carbocycles. The number of aromatic nitrogens is 3. The van der Waals surface area contributed by atoms with E-state index in [2.05, 4.69) is 20.6 Å². The third-order valence-corrected chi connectivity index (χ3v) is 5.14. The molecule has 7 nitrogen and oxygen atoms in total. The number of carbonyl (C=O) groups is 2. The zero-order valence-corrected chi connectivity index (χ0v) is 15.6. The molecule has 1 saturated heterocycles. The van der Waals surface area contributed by atoms with Gasteiger partial charge in [-0.25, -0.2) is 4.98 Å². The predicted molar refractivity (Wildman–Crippen MR) is 97.7 cm³/mol. The Bertz CT molecular complexity index is 800. The van der Waals surface area contributed by atoms with Gasteiger partial charge in [0.15, 0.2) is 0 Å². The van der Waals surface area contributed by atoms with Crippen LogP contribution in [-0.4, -0.2) is 62.3 Å². The van der Waals surface area contributed by atoms with Crippen molar-refractivity contribution in [3.8, 4) is 0 Å². The van der Waals surface area contributed by atoms with E-state index in [1.165, 1.54) is 12.4 Å². The van der Waals surface area contributed by atoms with E-state index in [0.717, 1.165) is 23.4 Å². The minimum Gasteiger partial charge on any atom is -0.352 e. The third-order valence-electron chi connectivity index (χ3n) is 5.14. The maximum Gasteiger partial charge on any atom is 0.274 e. The monoisotopic (exact) mass is 355 g/mol. The molecule has 0 aliphatic carbocycles. The minimum absolute atomic E-state index is 0.118. The van der Waals surface area contributed by atoms with Crippen molar-refractivity contribution in [1.29, 1.82) is 0 Å². The van der Waals surface area contributed by atoms with Crippen LogP contribution in [-0.2, 0) is 18.3 Å². The zero-order chi connectivity index (χ0) is 18.7. The molecule has 1 aliphatic heterocycles. The first kappa shape index (κ1) is 18.1. The smallest absolute Gasteiger partial charge is 0.274 e. The summed E-state index contributed by atoms with van der Waals surface area (Å²) in [6, 6.07) is 2.08. The summed E-state index contributed by atoms with van der Waals surface area (Å²) in [7, 11) is 2.01. The number of aryl methyl sites for hydroxylation is 1. The molecule has 0 N–H and O–H groups in total. The Hall–Kier alpha value is -2.70. The molecule has 0 atom stereocenters. The molecule has 0 spiro atoms. The average molecular weight is 355 g/mol. The fourth-order valence-electron chi connectivity index (χ4n) is 3.33. The molecule has 7 heteroatoms. The van der Waals surface area contributed by atoms with Crippen LogP contribution in [0.15, 0.2) is 24.7 Å². The molecule has 1 aliphatic rings. The summed E-state index contributed by atoms with van der Waals surface area (Å²) in [4.78, 5) is 36.9. The number of amides is 2. The summed E-state index contributed by atoms with van der Waals surface area (Å²) in [6.07, 6.45) is 5.73. The van der Waals surface area contributed by atoms with Crippen molar-refractivity contribution in [2.24, 2.45) is 7.05 Å². The van der Waals surface area contributed by atoms with Gasteiger partial charge in [0, 0.05) is 57.0 Å². The topological polar surface area (TPSA) is 71.3 Å². The maximum absolute atomic E-state index is 12.7. The van der Waals surface area contributed by atoms with Gasteiger partial charge in [0.25, 0.3) is 5.91 Å². The first-order chi connectivity index (χ1) is 12.5. The van der Waals surface area contributed by atoms with Crippen LogP contribution in [0.25, 0.3) is 0 Å². The van der Waals surface area contributed by atoms with Gasteiger partial charge in [-0.15, -0.1) is 0 Å².